The Kier molecular flexibility index (Phi) is 3.00. The SMILES string of the molecule is Cc1cc(Nc2ccc(C)c(F)c2)ccc1N. The largest absolute Gasteiger partial charge is 0.399 e. The van der Waals surface area contributed by atoms with Gasteiger partial charge in [0.05, 0.1) is 0 Å². The number of aryl methyl sites for hydroxylation is 2. The molecule has 88 valence electrons. The second-order valence-corrected chi connectivity index (χ2v) is 4.16. The molecule has 0 unspecified atom stereocenters. The van der Waals surface area contributed by atoms with Crippen molar-refractivity contribution < 1.29 is 4.39 Å². The minimum absolute atomic E-state index is 0.206. The van der Waals surface area contributed by atoms with Crippen LogP contribution in [0.15, 0.2) is 36.4 Å². The molecule has 0 radical (unpaired) electrons. The van der Waals surface area contributed by atoms with Gasteiger partial charge in [-0.3, -0.25) is 0 Å². The van der Waals surface area contributed by atoms with Gasteiger partial charge >= 0.3 is 0 Å². The summed E-state index contributed by atoms with van der Waals surface area (Å²) in [6, 6.07) is 10.7. The van der Waals surface area contributed by atoms with Gasteiger partial charge in [-0.15, -0.1) is 0 Å². The van der Waals surface area contributed by atoms with Crippen molar-refractivity contribution in [1.82, 2.24) is 0 Å². The van der Waals surface area contributed by atoms with Gasteiger partial charge in [0.25, 0.3) is 0 Å². The van der Waals surface area contributed by atoms with E-state index in [9.17, 15) is 4.39 Å². The van der Waals surface area contributed by atoms with E-state index in [1.165, 1.54) is 6.07 Å². The molecule has 0 aromatic heterocycles. The molecule has 17 heavy (non-hydrogen) atoms. The van der Waals surface area contributed by atoms with Gasteiger partial charge in [0.15, 0.2) is 0 Å². The minimum Gasteiger partial charge on any atom is -0.399 e. The predicted octanol–water partition coefficient (Wildman–Crippen LogP) is 3.77. The Balaban J connectivity index is 2.25. The van der Waals surface area contributed by atoms with Crippen molar-refractivity contribution in [2.45, 2.75) is 13.8 Å². The molecule has 0 spiro atoms. The zero-order chi connectivity index (χ0) is 12.4. The first-order chi connectivity index (χ1) is 8.06. The number of nitrogens with one attached hydrogen (secondary N) is 1. The number of rotatable bonds is 2. The first kappa shape index (κ1) is 11.5. The van der Waals surface area contributed by atoms with Gasteiger partial charge < -0.3 is 11.1 Å². The van der Waals surface area contributed by atoms with Crippen LogP contribution in [0.1, 0.15) is 11.1 Å². The molecule has 2 aromatic carbocycles. The topological polar surface area (TPSA) is 38.0 Å². The van der Waals surface area contributed by atoms with Crippen molar-refractivity contribution in [2.24, 2.45) is 0 Å². The van der Waals surface area contributed by atoms with Gasteiger partial charge in [0.1, 0.15) is 5.82 Å². The van der Waals surface area contributed by atoms with E-state index in [1.54, 1.807) is 13.0 Å². The zero-order valence-corrected chi connectivity index (χ0v) is 9.92. The summed E-state index contributed by atoms with van der Waals surface area (Å²) in [6.07, 6.45) is 0. The van der Waals surface area contributed by atoms with E-state index < -0.39 is 0 Å². The Morgan fingerprint density at radius 1 is 0.941 bits per heavy atom. The number of anilines is 3. The molecule has 2 nitrogen and oxygen atoms in total. The van der Waals surface area contributed by atoms with E-state index in [1.807, 2.05) is 31.2 Å². The van der Waals surface area contributed by atoms with Crippen LogP contribution in [-0.2, 0) is 0 Å². The molecule has 2 rings (SSSR count). The summed E-state index contributed by atoms with van der Waals surface area (Å²) in [5.41, 5.74) is 9.77. The van der Waals surface area contributed by atoms with Crippen molar-refractivity contribution in [3.05, 3.63) is 53.3 Å². The highest BCUT2D eigenvalue weighted by Crippen LogP contribution is 2.22. The lowest BCUT2D eigenvalue weighted by molar-refractivity contribution is 0.619. The van der Waals surface area contributed by atoms with Crippen molar-refractivity contribution >= 4 is 17.1 Å². The summed E-state index contributed by atoms with van der Waals surface area (Å²) >= 11 is 0. The molecule has 0 atom stereocenters. The fraction of sp³-hybridized carbons (Fsp3) is 0.143. The highest BCUT2D eigenvalue weighted by atomic mass is 19.1. The highest BCUT2D eigenvalue weighted by molar-refractivity contribution is 5.64. The lowest BCUT2D eigenvalue weighted by Crippen LogP contribution is -1.95. The summed E-state index contributed by atoms with van der Waals surface area (Å²) in [5, 5.41) is 3.14. The second kappa shape index (κ2) is 4.45. The molecule has 0 fully saturated rings. The number of hydrogen-bond acceptors (Lipinski definition) is 2. The Bertz CT molecular complexity index is 500. The molecule has 0 saturated carbocycles. The van der Waals surface area contributed by atoms with Crippen LogP contribution in [0.3, 0.4) is 0 Å². The lowest BCUT2D eigenvalue weighted by Gasteiger charge is -2.09. The molecule has 0 aliphatic carbocycles. The van der Waals surface area contributed by atoms with Crippen molar-refractivity contribution in [2.75, 3.05) is 11.1 Å². The van der Waals surface area contributed by atoms with E-state index >= 15 is 0 Å². The second-order valence-electron chi connectivity index (χ2n) is 4.16. The molecule has 3 N–H and O–H groups in total. The van der Waals surface area contributed by atoms with Crippen LogP contribution < -0.4 is 11.1 Å². The third-order valence-electron chi connectivity index (χ3n) is 2.73. The number of nitrogens with two attached hydrogens (primary N) is 1. The summed E-state index contributed by atoms with van der Waals surface area (Å²) in [5.74, 6) is -0.206. The van der Waals surface area contributed by atoms with Gasteiger partial charge in [-0.05, 0) is 55.3 Å². The Hall–Kier alpha value is -2.03. The number of hydrogen-bond donors (Lipinski definition) is 2. The summed E-state index contributed by atoms with van der Waals surface area (Å²) in [7, 11) is 0. The zero-order valence-electron chi connectivity index (χ0n) is 9.92. The first-order valence-electron chi connectivity index (χ1n) is 5.45. The standard InChI is InChI=1S/C14H15FN2/c1-9-3-4-12(8-13(9)15)17-11-5-6-14(16)10(2)7-11/h3-8,17H,16H2,1-2H3. The van der Waals surface area contributed by atoms with E-state index in [4.69, 9.17) is 5.73 Å². The van der Waals surface area contributed by atoms with Crippen molar-refractivity contribution in [3.63, 3.8) is 0 Å². The quantitative estimate of drug-likeness (QED) is 0.771. The molecule has 0 bridgehead atoms. The predicted molar refractivity (Wildman–Crippen MR) is 70.0 cm³/mol. The van der Waals surface area contributed by atoms with Crippen molar-refractivity contribution in [3.8, 4) is 0 Å². The number of benzene rings is 2. The fourth-order valence-electron chi connectivity index (χ4n) is 1.59. The molecule has 0 aliphatic rings. The maximum atomic E-state index is 13.4. The molecular weight excluding hydrogens is 215 g/mol. The summed E-state index contributed by atoms with van der Waals surface area (Å²) in [4.78, 5) is 0. The van der Waals surface area contributed by atoms with Crippen LogP contribution in [0.4, 0.5) is 21.5 Å². The van der Waals surface area contributed by atoms with Crippen LogP contribution >= 0.6 is 0 Å². The van der Waals surface area contributed by atoms with E-state index in [2.05, 4.69) is 5.32 Å². The smallest absolute Gasteiger partial charge is 0.128 e. The number of halogens is 1. The van der Waals surface area contributed by atoms with Crippen LogP contribution in [0.5, 0.6) is 0 Å². The van der Waals surface area contributed by atoms with Gasteiger partial charge in [-0.2, -0.15) is 0 Å². The third-order valence-corrected chi connectivity index (χ3v) is 2.73. The molecular formula is C14H15FN2. The molecule has 0 aliphatic heterocycles. The first-order valence-corrected chi connectivity index (χ1v) is 5.45. The summed E-state index contributed by atoms with van der Waals surface area (Å²) < 4.78 is 13.4. The van der Waals surface area contributed by atoms with Gasteiger partial charge in [-0.25, -0.2) is 4.39 Å². The Morgan fingerprint density at radius 3 is 2.24 bits per heavy atom. The van der Waals surface area contributed by atoms with Gasteiger partial charge in [0.2, 0.25) is 0 Å². The van der Waals surface area contributed by atoms with E-state index in [0.717, 1.165) is 22.6 Å². The normalized spacial score (nSPS) is 10.3. The average Bonchev–Trinajstić information content (AvgIpc) is 2.29. The Morgan fingerprint density at radius 2 is 1.59 bits per heavy atom. The van der Waals surface area contributed by atoms with Gasteiger partial charge in [-0.1, -0.05) is 6.07 Å². The van der Waals surface area contributed by atoms with E-state index in [-0.39, 0.29) is 5.82 Å². The molecule has 0 saturated heterocycles. The molecule has 0 amide bonds. The van der Waals surface area contributed by atoms with Crippen molar-refractivity contribution in [1.29, 1.82) is 0 Å². The van der Waals surface area contributed by atoms with Crippen LogP contribution in [0.25, 0.3) is 0 Å². The molecule has 3 heteroatoms. The average molecular weight is 230 g/mol. The van der Waals surface area contributed by atoms with Gasteiger partial charge in [0, 0.05) is 17.1 Å². The van der Waals surface area contributed by atoms with Crippen LogP contribution in [-0.4, -0.2) is 0 Å². The maximum Gasteiger partial charge on any atom is 0.128 e. The summed E-state index contributed by atoms with van der Waals surface area (Å²) in [6.45, 7) is 3.68. The van der Waals surface area contributed by atoms with E-state index in [0.29, 0.717) is 5.56 Å². The highest BCUT2D eigenvalue weighted by Gasteiger charge is 2.01. The Labute approximate surface area is 100 Å². The fourth-order valence-corrected chi connectivity index (χ4v) is 1.59. The monoisotopic (exact) mass is 230 g/mol. The lowest BCUT2D eigenvalue weighted by atomic mass is 10.1. The minimum atomic E-state index is -0.206. The molecule has 0 heterocycles. The maximum absolute atomic E-state index is 13.4. The van der Waals surface area contributed by atoms with Crippen LogP contribution in [0.2, 0.25) is 0 Å². The molecule has 2 aromatic rings. The van der Waals surface area contributed by atoms with Crippen LogP contribution in [0, 0.1) is 19.7 Å². The number of nitrogen functional groups attached to an aromatic ring is 1. The third kappa shape index (κ3) is 2.56.